The molecule has 7 nitrogen and oxygen atoms in total. The topological polar surface area (TPSA) is 79.3 Å². The summed E-state index contributed by atoms with van der Waals surface area (Å²) in [7, 11) is 4.32. The van der Waals surface area contributed by atoms with Gasteiger partial charge in [-0.3, -0.25) is 14.5 Å². The Hall–Kier alpha value is -1.18. The van der Waals surface area contributed by atoms with Gasteiger partial charge in [-0.25, -0.2) is 0 Å². The van der Waals surface area contributed by atoms with Gasteiger partial charge in [-0.1, -0.05) is 221 Å². The number of ether oxygens (including phenoxy) is 2. The maximum atomic E-state index is 12.8. The first-order valence-electron chi connectivity index (χ1n) is 28.7. The summed E-state index contributed by atoms with van der Waals surface area (Å²) in [5.41, 5.74) is 0. The summed E-state index contributed by atoms with van der Waals surface area (Å²) in [5, 5.41) is 11.7. The summed E-state index contributed by atoms with van der Waals surface area (Å²) in [6.07, 6.45) is 46.5. The van der Waals surface area contributed by atoms with Crippen LogP contribution in [-0.2, 0) is 19.1 Å². The molecule has 0 aliphatic rings. The van der Waals surface area contributed by atoms with E-state index >= 15 is 0 Å². The van der Waals surface area contributed by atoms with Crippen LogP contribution in [0.4, 0.5) is 0 Å². The third kappa shape index (κ3) is 38.9. The minimum Gasteiger partial charge on any atom is -0.465 e. The van der Waals surface area contributed by atoms with Crippen LogP contribution in [0.1, 0.15) is 291 Å². The van der Waals surface area contributed by atoms with Gasteiger partial charge in [0.25, 0.3) is 0 Å². The number of aliphatic hydroxyl groups excluding tert-OH is 1. The third-order valence-corrected chi connectivity index (χ3v) is 13.8. The lowest BCUT2D eigenvalue weighted by Gasteiger charge is -2.36. The fourth-order valence-electron chi connectivity index (χ4n) is 9.50. The standard InChI is InChI=1S/C57H114N2O5/c1-8-13-18-21-30-37-47-55(60)59(49-40-48-58(6)7)54(45-35-28-24-22-26-31-38-50-63-56(61)52(41-16-11-4)43-33-19-14-9-2)46-36-29-25-23-27-32-39-51-64-57(62)53(42-17-12-5)44-34-20-15-10-3/h52-55,60H,8-51H2,1-7H3. The molecule has 3 atom stereocenters. The second-order valence-electron chi connectivity index (χ2n) is 20.3. The molecule has 0 aliphatic heterocycles. The average molecular weight is 908 g/mol. The molecule has 0 rings (SSSR count). The number of hydrogen-bond donors (Lipinski definition) is 1. The molecule has 64 heavy (non-hydrogen) atoms. The molecule has 0 spiro atoms. The molecule has 0 saturated heterocycles. The van der Waals surface area contributed by atoms with Gasteiger partial charge in [0, 0.05) is 12.6 Å². The average Bonchev–Trinajstić information content (AvgIpc) is 3.28. The van der Waals surface area contributed by atoms with Crippen LogP contribution in [0.25, 0.3) is 0 Å². The van der Waals surface area contributed by atoms with Crippen LogP contribution in [-0.4, -0.2) is 79.5 Å². The molecule has 0 aromatic heterocycles. The Morgan fingerprint density at radius 3 is 1.08 bits per heavy atom. The Morgan fingerprint density at radius 2 is 0.688 bits per heavy atom. The number of hydrogen-bond acceptors (Lipinski definition) is 7. The largest absolute Gasteiger partial charge is 0.465 e. The van der Waals surface area contributed by atoms with Crippen molar-refractivity contribution in [2.24, 2.45) is 11.8 Å². The van der Waals surface area contributed by atoms with Gasteiger partial charge < -0.3 is 19.5 Å². The lowest BCUT2D eigenvalue weighted by molar-refractivity contribution is -0.150. The number of esters is 2. The first-order chi connectivity index (χ1) is 31.2. The normalized spacial score (nSPS) is 13.7. The SMILES string of the molecule is CCCCCCCCC(O)N(CCCN(C)C)C(CCCCCCCCCOC(=O)C(CCCC)CCCCCC)CCCCCCCCCOC(=O)C(CCCC)CCCCCC. The van der Waals surface area contributed by atoms with Gasteiger partial charge >= 0.3 is 11.9 Å². The van der Waals surface area contributed by atoms with Crippen molar-refractivity contribution in [3.63, 3.8) is 0 Å². The minimum atomic E-state index is -0.340. The molecule has 0 saturated carbocycles. The molecule has 0 radical (unpaired) electrons. The second kappa shape index (κ2) is 48.3. The van der Waals surface area contributed by atoms with Gasteiger partial charge in [-0.2, -0.15) is 0 Å². The summed E-state index contributed by atoms with van der Waals surface area (Å²) in [6.45, 7) is 14.4. The van der Waals surface area contributed by atoms with E-state index < -0.39 is 0 Å². The highest BCUT2D eigenvalue weighted by atomic mass is 16.5. The Kier molecular flexibility index (Phi) is 47.4. The van der Waals surface area contributed by atoms with Crippen molar-refractivity contribution in [2.45, 2.75) is 304 Å². The molecule has 1 N–H and O–H groups in total. The highest BCUT2D eigenvalue weighted by molar-refractivity contribution is 5.72. The van der Waals surface area contributed by atoms with Crippen LogP contribution in [0.15, 0.2) is 0 Å². The lowest BCUT2D eigenvalue weighted by Crippen LogP contribution is -2.44. The first kappa shape index (κ1) is 62.8. The highest BCUT2D eigenvalue weighted by Gasteiger charge is 2.25. The molecular formula is C57H114N2O5. The van der Waals surface area contributed by atoms with E-state index in [2.05, 4.69) is 58.5 Å². The van der Waals surface area contributed by atoms with Crippen LogP contribution < -0.4 is 0 Å². The van der Waals surface area contributed by atoms with Crippen molar-refractivity contribution in [1.82, 2.24) is 9.80 Å². The van der Waals surface area contributed by atoms with E-state index in [1.807, 2.05) is 0 Å². The Bertz CT molecular complexity index is 922. The molecule has 7 heteroatoms. The zero-order valence-corrected chi connectivity index (χ0v) is 44.4. The molecule has 0 bridgehead atoms. The number of unbranched alkanes of at least 4 members (excludes halogenated alkanes) is 25. The van der Waals surface area contributed by atoms with Crippen molar-refractivity contribution in [3.8, 4) is 0 Å². The molecular weight excluding hydrogens is 793 g/mol. The molecule has 0 fully saturated rings. The van der Waals surface area contributed by atoms with Gasteiger partial charge in [0.05, 0.1) is 25.0 Å². The number of nitrogens with zero attached hydrogens (tertiary/aromatic N) is 2. The van der Waals surface area contributed by atoms with E-state index in [1.54, 1.807) is 0 Å². The van der Waals surface area contributed by atoms with Crippen LogP contribution >= 0.6 is 0 Å². The maximum absolute atomic E-state index is 12.8. The Morgan fingerprint density at radius 1 is 0.375 bits per heavy atom. The summed E-state index contributed by atoms with van der Waals surface area (Å²) in [6, 6.07) is 0.446. The quantitative estimate of drug-likeness (QED) is 0.0370. The summed E-state index contributed by atoms with van der Waals surface area (Å²) >= 11 is 0. The maximum Gasteiger partial charge on any atom is 0.308 e. The van der Waals surface area contributed by atoms with Crippen LogP contribution in [0, 0.1) is 11.8 Å². The van der Waals surface area contributed by atoms with Gasteiger partial charge in [0.2, 0.25) is 0 Å². The van der Waals surface area contributed by atoms with Crippen molar-refractivity contribution in [1.29, 1.82) is 0 Å². The van der Waals surface area contributed by atoms with Crippen molar-refractivity contribution < 1.29 is 24.2 Å². The summed E-state index contributed by atoms with van der Waals surface area (Å²) in [5.74, 6) is 0.301. The Balaban J connectivity index is 4.92. The lowest BCUT2D eigenvalue weighted by atomic mass is 9.95. The Labute approximate surface area is 400 Å². The molecule has 0 heterocycles. The van der Waals surface area contributed by atoms with E-state index in [9.17, 15) is 14.7 Å². The number of rotatable bonds is 51. The summed E-state index contributed by atoms with van der Waals surface area (Å²) in [4.78, 5) is 30.5. The van der Waals surface area contributed by atoms with Gasteiger partial charge in [0.15, 0.2) is 0 Å². The van der Waals surface area contributed by atoms with E-state index in [-0.39, 0.29) is 30.0 Å². The molecule has 0 aliphatic carbocycles. The molecule has 382 valence electrons. The predicted octanol–water partition coefficient (Wildman–Crippen LogP) is 16.6. The van der Waals surface area contributed by atoms with Crippen molar-refractivity contribution in [2.75, 3.05) is 40.4 Å². The minimum absolute atomic E-state index is 0.0535. The van der Waals surface area contributed by atoms with E-state index in [4.69, 9.17) is 9.47 Å². The van der Waals surface area contributed by atoms with Crippen molar-refractivity contribution in [3.05, 3.63) is 0 Å². The van der Waals surface area contributed by atoms with Gasteiger partial charge in [-0.05, 0) is 91.3 Å². The van der Waals surface area contributed by atoms with Crippen LogP contribution in [0.2, 0.25) is 0 Å². The number of carbonyl (C=O) groups excluding carboxylic acids is 2. The van der Waals surface area contributed by atoms with Crippen LogP contribution in [0.5, 0.6) is 0 Å². The molecule has 3 unspecified atom stereocenters. The fraction of sp³-hybridized carbons (Fsp3) is 0.965. The smallest absolute Gasteiger partial charge is 0.308 e. The molecule has 0 amide bonds. The summed E-state index contributed by atoms with van der Waals surface area (Å²) < 4.78 is 11.6. The third-order valence-electron chi connectivity index (χ3n) is 13.8. The molecule has 0 aromatic carbocycles. The number of carbonyl (C=O) groups is 2. The van der Waals surface area contributed by atoms with Gasteiger partial charge in [-0.15, -0.1) is 0 Å². The van der Waals surface area contributed by atoms with E-state index in [1.165, 1.54) is 148 Å². The highest BCUT2D eigenvalue weighted by Crippen LogP contribution is 2.25. The van der Waals surface area contributed by atoms with Crippen LogP contribution in [0.3, 0.4) is 0 Å². The first-order valence-corrected chi connectivity index (χ1v) is 28.7. The molecule has 0 aromatic rings. The monoisotopic (exact) mass is 907 g/mol. The van der Waals surface area contributed by atoms with Crippen molar-refractivity contribution >= 4 is 11.9 Å². The number of aliphatic hydroxyl groups is 1. The fourth-order valence-corrected chi connectivity index (χ4v) is 9.50. The second-order valence-corrected chi connectivity index (χ2v) is 20.3. The zero-order valence-electron chi connectivity index (χ0n) is 44.4. The van der Waals surface area contributed by atoms with E-state index in [0.29, 0.717) is 19.3 Å². The van der Waals surface area contributed by atoms with E-state index in [0.717, 1.165) is 122 Å². The zero-order chi connectivity index (χ0) is 47.1. The van der Waals surface area contributed by atoms with Gasteiger partial charge in [0.1, 0.15) is 6.23 Å². The predicted molar refractivity (Wildman–Crippen MR) is 277 cm³/mol.